The van der Waals surface area contributed by atoms with Crippen LogP contribution >= 0.6 is 0 Å². The summed E-state index contributed by atoms with van der Waals surface area (Å²) in [4.78, 5) is 10.7. The van der Waals surface area contributed by atoms with Crippen LogP contribution in [-0.2, 0) is 21.2 Å². The zero-order chi connectivity index (χ0) is 21.2. The second kappa shape index (κ2) is 8.05. The van der Waals surface area contributed by atoms with Gasteiger partial charge in [0.1, 0.15) is 10.7 Å². The van der Waals surface area contributed by atoms with Crippen molar-refractivity contribution in [3.05, 3.63) is 40.6 Å². The number of nitrogens with one attached hydrogen (secondary N) is 1. The summed E-state index contributed by atoms with van der Waals surface area (Å²) < 4.78 is 33.2. The third-order valence-electron chi connectivity index (χ3n) is 4.02. The Morgan fingerprint density at radius 3 is 2.46 bits per heavy atom. The first-order chi connectivity index (χ1) is 12.9. The fraction of sp³-hybridized carbons (Fsp3) is 0.368. The molecule has 0 saturated heterocycles. The van der Waals surface area contributed by atoms with E-state index in [-0.39, 0.29) is 35.3 Å². The highest BCUT2D eigenvalue weighted by atomic mass is 32.2. The fourth-order valence-corrected chi connectivity index (χ4v) is 4.69. The molecule has 0 aliphatic rings. The van der Waals surface area contributed by atoms with Gasteiger partial charge in [-0.15, -0.1) is 0 Å². The van der Waals surface area contributed by atoms with E-state index in [9.17, 15) is 13.2 Å². The van der Waals surface area contributed by atoms with Crippen molar-refractivity contribution in [2.24, 2.45) is 5.73 Å². The Balaban J connectivity index is 2.77. The van der Waals surface area contributed by atoms with E-state index in [0.29, 0.717) is 22.2 Å². The molecule has 28 heavy (non-hydrogen) atoms. The van der Waals surface area contributed by atoms with Crippen molar-refractivity contribution in [2.45, 2.75) is 46.6 Å². The second-order valence-corrected chi connectivity index (χ2v) is 8.58. The van der Waals surface area contributed by atoms with Gasteiger partial charge in [-0.3, -0.25) is 4.79 Å². The van der Waals surface area contributed by atoms with Gasteiger partial charge in [-0.2, -0.15) is 0 Å². The molecule has 0 saturated carbocycles. The molecule has 4 N–H and O–H groups in total. The maximum Gasteiger partial charge on any atom is 0.303 e. The maximum atomic E-state index is 13.2. The van der Waals surface area contributed by atoms with Gasteiger partial charge in [0.2, 0.25) is 0 Å². The molecule has 1 aromatic carbocycles. The van der Waals surface area contributed by atoms with Crippen LogP contribution in [0.4, 0.5) is 0 Å². The molecule has 152 valence electrons. The molecule has 0 unspecified atom stereocenters. The quantitative estimate of drug-likeness (QED) is 0.576. The van der Waals surface area contributed by atoms with Gasteiger partial charge in [-0.05, 0) is 51.8 Å². The smallest absolute Gasteiger partial charge is 0.303 e. The number of fused-ring (bicyclic) bond motifs is 1. The minimum absolute atomic E-state index is 0.0102. The lowest BCUT2D eigenvalue weighted by molar-refractivity contribution is -0.136. The summed E-state index contributed by atoms with van der Waals surface area (Å²) in [6, 6.07) is 5.03. The molecule has 0 aliphatic heterocycles. The van der Waals surface area contributed by atoms with Gasteiger partial charge in [0, 0.05) is 29.8 Å². The summed E-state index contributed by atoms with van der Waals surface area (Å²) in [5.41, 5.74) is 6.51. The van der Waals surface area contributed by atoms with Crippen LogP contribution in [0.15, 0.2) is 35.0 Å². The molecule has 0 spiro atoms. The number of hydrogen-bond acceptors (Lipinski definition) is 6. The lowest BCUT2D eigenvalue weighted by Crippen LogP contribution is -2.21. The number of carbonyl (C=O) groups is 1. The predicted molar refractivity (Wildman–Crippen MR) is 108 cm³/mol. The molecule has 9 heteroatoms. The van der Waals surface area contributed by atoms with Crippen molar-refractivity contribution in [1.82, 2.24) is 3.97 Å². The van der Waals surface area contributed by atoms with Gasteiger partial charge in [0.25, 0.3) is 10.0 Å². The Morgan fingerprint density at radius 1 is 1.32 bits per heavy atom. The van der Waals surface area contributed by atoms with Crippen molar-refractivity contribution in [1.29, 1.82) is 5.41 Å². The predicted octanol–water partition coefficient (Wildman–Crippen LogP) is 2.85. The van der Waals surface area contributed by atoms with Crippen molar-refractivity contribution < 1.29 is 23.1 Å². The number of carboxylic acid groups (broad SMARTS) is 1. The molecule has 0 aliphatic carbocycles. The largest absolute Gasteiger partial charge is 0.491 e. The van der Waals surface area contributed by atoms with Crippen LogP contribution in [0.3, 0.4) is 0 Å². The first-order valence-electron chi connectivity index (χ1n) is 8.75. The molecule has 2 rings (SSSR count). The number of nitrogens with two attached hydrogens (primary N) is 1. The highest BCUT2D eigenvalue weighted by molar-refractivity contribution is 7.95. The first-order valence-corrected chi connectivity index (χ1v) is 10.2. The number of aliphatic carboxylic acids is 1. The van der Waals surface area contributed by atoms with E-state index < -0.39 is 16.0 Å². The minimum atomic E-state index is -4.15. The van der Waals surface area contributed by atoms with Crippen molar-refractivity contribution in [2.75, 3.05) is 0 Å². The van der Waals surface area contributed by atoms with Crippen LogP contribution in [0.25, 0.3) is 10.9 Å². The molecule has 0 amide bonds. The number of rotatable bonds is 8. The van der Waals surface area contributed by atoms with Gasteiger partial charge in [-0.25, -0.2) is 12.4 Å². The van der Waals surface area contributed by atoms with E-state index >= 15 is 0 Å². The van der Waals surface area contributed by atoms with Gasteiger partial charge in [0.15, 0.2) is 0 Å². The lowest BCUT2D eigenvalue weighted by Gasteiger charge is -2.13. The van der Waals surface area contributed by atoms with Crippen molar-refractivity contribution in [3.63, 3.8) is 0 Å². The Labute approximate surface area is 164 Å². The SMILES string of the molecule is CC(=N)C(=C(C)N)S(=O)(=O)n1cc(CCC(=O)O)c2ccc(OC(C)C)cc21. The van der Waals surface area contributed by atoms with Gasteiger partial charge >= 0.3 is 5.97 Å². The van der Waals surface area contributed by atoms with E-state index in [1.54, 1.807) is 18.2 Å². The summed E-state index contributed by atoms with van der Waals surface area (Å²) in [7, 11) is -4.15. The molecular formula is C19H25N3O5S. The van der Waals surface area contributed by atoms with E-state index in [1.807, 2.05) is 13.8 Å². The van der Waals surface area contributed by atoms with Crippen LogP contribution in [0.2, 0.25) is 0 Å². The standard InChI is InChI=1S/C19H25N3O5S/c1-11(2)27-15-6-7-16-14(5-8-18(23)24)10-22(17(16)9-15)28(25,26)19(12(3)20)13(4)21/h6-7,9-11,20H,5,8,21H2,1-4H3,(H,23,24). The van der Waals surface area contributed by atoms with E-state index in [2.05, 4.69) is 0 Å². The molecule has 2 aromatic rings. The Bertz CT molecular complexity index is 1060. The van der Waals surface area contributed by atoms with Gasteiger partial charge in [-0.1, -0.05) is 0 Å². The zero-order valence-corrected chi connectivity index (χ0v) is 17.1. The highest BCUT2D eigenvalue weighted by Gasteiger charge is 2.27. The molecule has 0 fully saturated rings. The number of allylic oxidation sites excluding steroid dienone is 2. The zero-order valence-electron chi connectivity index (χ0n) is 16.3. The topological polar surface area (TPSA) is 135 Å². The lowest BCUT2D eigenvalue weighted by atomic mass is 10.1. The van der Waals surface area contributed by atoms with Gasteiger partial charge < -0.3 is 21.0 Å². The molecule has 0 bridgehead atoms. The van der Waals surface area contributed by atoms with Crippen LogP contribution in [0.1, 0.15) is 39.7 Å². The summed E-state index contributed by atoms with van der Waals surface area (Å²) in [6.45, 7) is 6.49. The number of carboxylic acids is 1. The molecule has 1 heterocycles. The Morgan fingerprint density at radius 2 is 1.96 bits per heavy atom. The van der Waals surface area contributed by atoms with Crippen molar-refractivity contribution >= 4 is 32.6 Å². The number of hydrogen-bond donors (Lipinski definition) is 3. The van der Waals surface area contributed by atoms with E-state index in [4.69, 9.17) is 21.0 Å². The number of aryl methyl sites for hydroxylation is 1. The van der Waals surface area contributed by atoms with Crippen LogP contribution < -0.4 is 10.5 Å². The summed E-state index contributed by atoms with van der Waals surface area (Å²) >= 11 is 0. The summed E-state index contributed by atoms with van der Waals surface area (Å²) in [5, 5.41) is 17.4. The molecule has 0 radical (unpaired) electrons. The Hall–Kier alpha value is -2.81. The van der Waals surface area contributed by atoms with Crippen LogP contribution in [0, 0.1) is 5.41 Å². The van der Waals surface area contributed by atoms with Crippen LogP contribution in [-0.4, -0.2) is 35.3 Å². The number of aromatic nitrogens is 1. The third-order valence-corrected chi connectivity index (χ3v) is 5.99. The van der Waals surface area contributed by atoms with E-state index in [1.165, 1.54) is 20.0 Å². The third kappa shape index (κ3) is 4.36. The first kappa shape index (κ1) is 21.5. The van der Waals surface area contributed by atoms with E-state index in [0.717, 1.165) is 3.97 Å². The minimum Gasteiger partial charge on any atom is -0.491 e. The second-order valence-electron chi connectivity index (χ2n) is 6.83. The monoisotopic (exact) mass is 407 g/mol. The van der Waals surface area contributed by atoms with Crippen molar-refractivity contribution in [3.8, 4) is 5.75 Å². The highest BCUT2D eigenvalue weighted by Crippen LogP contribution is 2.30. The Kier molecular flexibility index (Phi) is 6.18. The van der Waals surface area contributed by atoms with Gasteiger partial charge in [0.05, 0.1) is 17.3 Å². The summed E-state index contributed by atoms with van der Waals surface area (Å²) in [6.07, 6.45) is 1.33. The maximum absolute atomic E-state index is 13.2. The van der Waals surface area contributed by atoms with Crippen LogP contribution in [0.5, 0.6) is 5.75 Å². The molecule has 0 atom stereocenters. The molecular weight excluding hydrogens is 382 g/mol. The number of benzene rings is 1. The molecule has 1 aromatic heterocycles. The molecule has 8 nitrogen and oxygen atoms in total. The normalized spacial score (nSPS) is 12.9. The number of nitrogens with zero attached hydrogens (tertiary/aromatic N) is 1. The summed E-state index contributed by atoms with van der Waals surface area (Å²) in [5.74, 6) is -0.486. The average molecular weight is 407 g/mol. The fourth-order valence-electron chi connectivity index (χ4n) is 3.02. The average Bonchev–Trinajstić information content (AvgIpc) is 2.89. The number of ether oxygens (including phenoxy) is 1.